The van der Waals surface area contributed by atoms with Crippen LogP contribution in [0.4, 0.5) is 0 Å². The van der Waals surface area contributed by atoms with Crippen molar-refractivity contribution in [1.82, 2.24) is 4.90 Å². The van der Waals surface area contributed by atoms with E-state index in [4.69, 9.17) is 5.11 Å². The first-order valence-electron chi connectivity index (χ1n) is 10.2. The van der Waals surface area contributed by atoms with Crippen molar-refractivity contribution in [3.63, 3.8) is 0 Å². The lowest BCUT2D eigenvalue weighted by Crippen LogP contribution is -2.17. The molecule has 0 aliphatic heterocycles. The van der Waals surface area contributed by atoms with Crippen molar-refractivity contribution in [3.05, 3.63) is 78.7 Å². The Morgan fingerprint density at radius 1 is 0.852 bits per heavy atom. The molecular weight excluding hydrogens is 330 g/mol. The number of aliphatic hydroxyl groups excluding tert-OH is 1. The number of rotatable bonds is 13. The van der Waals surface area contributed by atoms with Gasteiger partial charge in [0, 0.05) is 19.7 Å². The molecule has 2 nitrogen and oxygen atoms in total. The highest BCUT2D eigenvalue weighted by Gasteiger charge is 2.02. The van der Waals surface area contributed by atoms with Crippen LogP contribution in [0.2, 0.25) is 0 Å². The van der Waals surface area contributed by atoms with Crippen molar-refractivity contribution >= 4 is 0 Å². The summed E-state index contributed by atoms with van der Waals surface area (Å²) < 4.78 is 0. The van der Waals surface area contributed by atoms with Gasteiger partial charge in [-0.3, -0.25) is 4.90 Å². The normalized spacial score (nSPS) is 11.1. The van der Waals surface area contributed by atoms with E-state index in [1.807, 2.05) is 6.08 Å². The Balaban J connectivity index is 1.78. The van der Waals surface area contributed by atoms with Gasteiger partial charge >= 0.3 is 0 Å². The molecule has 2 aromatic rings. The SMILES string of the molecule is C=CCN(C)Cc1ccc(-c2ccc([CH]CCCCCCCO)cc2)cc1. The lowest BCUT2D eigenvalue weighted by molar-refractivity contribution is 0.282. The molecule has 0 amide bonds. The molecule has 1 radical (unpaired) electrons. The van der Waals surface area contributed by atoms with Crippen LogP contribution in [0.1, 0.15) is 49.7 Å². The zero-order chi connectivity index (χ0) is 19.3. The molecule has 1 N–H and O–H groups in total. The van der Waals surface area contributed by atoms with Crippen molar-refractivity contribution in [3.8, 4) is 11.1 Å². The molecule has 0 saturated heterocycles. The fraction of sp³-hybridized carbons (Fsp3) is 0.400. The fourth-order valence-corrected chi connectivity index (χ4v) is 3.27. The number of benzene rings is 2. The van der Waals surface area contributed by atoms with Crippen molar-refractivity contribution < 1.29 is 5.11 Å². The molecule has 2 heteroatoms. The minimum absolute atomic E-state index is 0.327. The highest BCUT2D eigenvalue weighted by molar-refractivity contribution is 5.64. The zero-order valence-corrected chi connectivity index (χ0v) is 16.7. The van der Waals surface area contributed by atoms with E-state index in [1.165, 1.54) is 41.5 Å². The average molecular weight is 365 g/mol. The molecule has 0 aromatic heterocycles. The van der Waals surface area contributed by atoms with Crippen LogP contribution in [0, 0.1) is 6.42 Å². The van der Waals surface area contributed by atoms with Gasteiger partial charge in [-0.1, -0.05) is 80.3 Å². The van der Waals surface area contributed by atoms with Crippen LogP contribution in [-0.2, 0) is 6.54 Å². The highest BCUT2D eigenvalue weighted by atomic mass is 16.2. The predicted octanol–water partition coefficient (Wildman–Crippen LogP) is 5.86. The second kappa shape index (κ2) is 12.5. The van der Waals surface area contributed by atoms with Crippen LogP contribution in [0.15, 0.2) is 61.2 Å². The summed E-state index contributed by atoms with van der Waals surface area (Å²) in [5.74, 6) is 0. The first-order chi connectivity index (χ1) is 13.2. The number of aliphatic hydroxyl groups is 1. The minimum atomic E-state index is 0.327. The van der Waals surface area contributed by atoms with Crippen LogP contribution in [0.5, 0.6) is 0 Å². The van der Waals surface area contributed by atoms with Gasteiger partial charge in [-0.25, -0.2) is 0 Å². The third-order valence-electron chi connectivity index (χ3n) is 4.83. The Hall–Kier alpha value is -1.90. The maximum absolute atomic E-state index is 8.78. The van der Waals surface area contributed by atoms with E-state index in [0.29, 0.717) is 6.61 Å². The minimum Gasteiger partial charge on any atom is -0.396 e. The van der Waals surface area contributed by atoms with E-state index in [1.54, 1.807) is 0 Å². The Labute approximate surface area is 165 Å². The van der Waals surface area contributed by atoms with Gasteiger partial charge in [0.25, 0.3) is 0 Å². The van der Waals surface area contributed by atoms with E-state index in [0.717, 1.165) is 32.4 Å². The molecule has 0 heterocycles. The van der Waals surface area contributed by atoms with Crippen molar-refractivity contribution in [2.75, 3.05) is 20.2 Å². The van der Waals surface area contributed by atoms with Gasteiger partial charge < -0.3 is 5.11 Å². The molecule has 27 heavy (non-hydrogen) atoms. The van der Waals surface area contributed by atoms with Crippen LogP contribution >= 0.6 is 0 Å². The predicted molar refractivity (Wildman–Crippen MR) is 117 cm³/mol. The van der Waals surface area contributed by atoms with Gasteiger partial charge in [0.05, 0.1) is 0 Å². The van der Waals surface area contributed by atoms with Crippen LogP contribution in [0.25, 0.3) is 11.1 Å². The molecule has 0 aliphatic rings. The number of unbranched alkanes of at least 4 members (excludes halogenated alkanes) is 5. The molecule has 0 fully saturated rings. The van der Waals surface area contributed by atoms with E-state index in [9.17, 15) is 0 Å². The largest absolute Gasteiger partial charge is 0.396 e. The lowest BCUT2D eigenvalue weighted by Gasteiger charge is -2.14. The van der Waals surface area contributed by atoms with Gasteiger partial charge in [0.2, 0.25) is 0 Å². The van der Waals surface area contributed by atoms with E-state index < -0.39 is 0 Å². The molecule has 0 spiro atoms. The summed E-state index contributed by atoms with van der Waals surface area (Å²) in [5.41, 5.74) is 5.16. The van der Waals surface area contributed by atoms with Crippen LogP contribution in [-0.4, -0.2) is 30.2 Å². The fourth-order valence-electron chi connectivity index (χ4n) is 3.27. The molecule has 2 aromatic carbocycles. The number of likely N-dealkylation sites (N-methyl/N-ethyl adjacent to an activating group) is 1. The molecule has 0 saturated carbocycles. The third-order valence-corrected chi connectivity index (χ3v) is 4.83. The Morgan fingerprint density at radius 3 is 2.07 bits per heavy atom. The number of hydrogen-bond acceptors (Lipinski definition) is 2. The molecular formula is C25H34NO. The van der Waals surface area contributed by atoms with Crippen LogP contribution < -0.4 is 0 Å². The summed E-state index contributed by atoms with van der Waals surface area (Å²) in [7, 11) is 2.11. The number of nitrogens with zero attached hydrogens (tertiary/aromatic N) is 1. The molecule has 0 unspecified atom stereocenters. The smallest absolute Gasteiger partial charge is 0.0431 e. The molecule has 0 bridgehead atoms. The molecule has 0 aliphatic carbocycles. The monoisotopic (exact) mass is 364 g/mol. The maximum Gasteiger partial charge on any atom is 0.0431 e. The van der Waals surface area contributed by atoms with Crippen molar-refractivity contribution in [2.45, 2.75) is 45.1 Å². The van der Waals surface area contributed by atoms with Gasteiger partial charge in [-0.05, 0) is 48.6 Å². The molecule has 145 valence electrons. The molecule has 2 rings (SSSR count). The second-order valence-electron chi connectivity index (χ2n) is 7.29. The maximum atomic E-state index is 8.78. The molecule has 0 atom stereocenters. The van der Waals surface area contributed by atoms with E-state index in [2.05, 4.69) is 73.5 Å². The highest BCUT2D eigenvalue weighted by Crippen LogP contribution is 2.22. The quantitative estimate of drug-likeness (QED) is 0.356. The van der Waals surface area contributed by atoms with Gasteiger partial charge in [-0.2, -0.15) is 0 Å². The standard InChI is InChI=1S/C25H34NO/c1-3-19-26(2)21-23-13-17-25(18-14-23)24-15-11-22(12-16-24)10-8-6-4-5-7-9-20-27/h3,10-18,27H,1,4-9,19-21H2,2H3. The van der Waals surface area contributed by atoms with Gasteiger partial charge in [0.15, 0.2) is 0 Å². The summed E-state index contributed by atoms with van der Waals surface area (Å²) in [4.78, 5) is 2.25. The summed E-state index contributed by atoms with van der Waals surface area (Å²) >= 11 is 0. The lowest BCUT2D eigenvalue weighted by atomic mass is 10.00. The first kappa shape index (κ1) is 21.4. The van der Waals surface area contributed by atoms with Gasteiger partial charge in [0.1, 0.15) is 0 Å². The van der Waals surface area contributed by atoms with E-state index in [-0.39, 0.29) is 0 Å². The Morgan fingerprint density at radius 2 is 1.44 bits per heavy atom. The Kier molecular flexibility index (Phi) is 9.89. The van der Waals surface area contributed by atoms with Crippen LogP contribution in [0.3, 0.4) is 0 Å². The summed E-state index contributed by atoms with van der Waals surface area (Å²) in [6, 6.07) is 17.7. The summed E-state index contributed by atoms with van der Waals surface area (Å²) in [6.07, 6.45) is 11.2. The summed E-state index contributed by atoms with van der Waals surface area (Å²) in [6.45, 7) is 5.97. The van der Waals surface area contributed by atoms with Gasteiger partial charge in [-0.15, -0.1) is 6.58 Å². The van der Waals surface area contributed by atoms with E-state index >= 15 is 0 Å². The second-order valence-corrected chi connectivity index (χ2v) is 7.29. The first-order valence-corrected chi connectivity index (χ1v) is 10.2. The Bertz CT molecular complexity index is 645. The van der Waals surface area contributed by atoms with Crippen molar-refractivity contribution in [1.29, 1.82) is 0 Å². The average Bonchev–Trinajstić information content (AvgIpc) is 2.69. The third kappa shape index (κ3) is 8.11. The van der Waals surface area contributed by atoms with Crippen molar-refractivity contribution in [2.24, 2.45) is 0 Å². The summed E-state index contributed by atoms with van der Waals surface area (Å²) in [5, 5.41) is 8.78. The topological polar surface area (TPSA) is 23.5 Å². The zero-order valence-electron chi connectivity index (χ0n) is 16.7. The number of hydrogen-bond donors (Lipinski definition) is 1.